The first-order chi connectivity index (χ1) is 9.47. The zero-order chi connectivity index (χ0) is 15.1. The van der Waals surface area contributed by atoms with Gasteiger partial charge in [0.2, 0.25) is 0 Å². The molecule has 1 amide bonds. The highest BCUT2D eigenvalue weighted by atomic mass is 32.2. The fourth-order valence-corrected chi connectivity index (χ4v) is 2.23. The number of benzene rings is 1. The lowest BCUT2D eigenvalue weighted by molar-refractivity contribution is -0.0498. The van der Waals surface area contributed by atoms with Crippen LogP contribution >= 0.6 is 11.8 Å². The van der Waals surface area contributed by atoms with Gasteiger partial charge in [0.25, 0.3) is 5.91 Å². The number of halogens is 2. The van der Waals surface area contributed by atoms with Crippen LogP contribution in [-0.2, 0) is 0 Å². The van der Waals surface area contributed by atoms with E-state index in [4.69, 9.17) is 5.11 Å². The molecule has 0 aliphatic rings. The molecule has 0 heterocycles. The average molecular weight is 305 g/mol. The summed E-state index contributed by atoms with van der Waals surface area (Å²) in [7, 11) is 0. The van der Waals surface area contributed by atoms with Crippen LogP contribution in [0.25, 0.3) is 0 Å². The van der Waals surface area contributed by atoms with Gasteiger partial charge in [-0.2, -0.15) is 20.5 Å². The second-order valence-corrected chi connectivity index (χ2v) is 5.20. The summed E-state index contributed by atoms with van der Waals surface area (Å²) in [6, 6.07) is 5.23. The van der Waals surface area contributed by atoms with Gasteiger partial charge in [0.1, 0.15) is 5.75 Å². The van der Waals surface area contributed by atoms with E-state index in [1.807, 2.05) is 6.26 Å². The number of hydrogen-bond donors (Lipinski definition) is 2. The first-order valence-corrected chi connectivity index (χ1v) is 7.26. The van der Waals surface area contributed by atoms with Crippen molar-refractivity contribution < 1.29 is 23.4 Å². The van der Waals surface area contributed by atoms with E-state index in [9.17, 15) is 13.6 Å². The monoisotopic (exact) mass is 305 g/mol. The van der Waals surface area contributed by atoms with E-state index in [-0.39, 0.29) is 29.6 Å². The van der Waals surface area contributed by atoms with E-state index in [0.29, 0.717) is 5.56 Å². The normalized spacial score (nSPS) is 13.9. The lowest BCUT2D eigenvalue weighted by atomic mass is 10.1. The number of amides is 1. The lowest BCUT2D eigenvalue weighted by Gasteiger charge is -2.21. The Morgan fingerprint density at radius 1 is 1.40 bits per heavy atom. The maximum Gasteiger partial charge on any atom is 0.387 e. The quantitative estimate of drug-likeness (QED) is 0.810. The van der Waals surface area contributed by atoms with E-state index < -0.39 is 6.61 Å². The molecule has 1 aromatic rings. The van der Waals surface area contributed by atoms with Crippen LogP contribution in [0.5, 0.6) is 5.75 Å². The molecule has 1 aromatic carbocycles. The van der Waals surface area contributed by atoms with Gasteiger partial charge in [-0.3, -0.25) is 4.79 Å². The van der Waals surface area contributed by atoms with Crippen LogP contribution in [0.3, 0.4) is 0 Å². The molecule has 0 saturated heterocycles. The number of alkyl halides is 2. The fourth-order valence-electron chi connectivity index (χ4n) is 1.61. The number of nitrogens with one attached hydrogen (secondary N) is 1. The van der Waals surface area contributed by atoms with E-state index in [1.165, 1.54) is 36.0 Å². The van der Waals surface area contributed by atoms with Gasteiger partial charge in [-0.25, -0.2) is 0 Å². The summed E-state index contributed by atoms with van der Waals surface area (Å²) in [4.78, 5) is 11.9. The van der Waals surface area contributed by atoms with Crippen LogP contribution in [0.4, 0.5) is 8.78 Å². The Hall–Kier alpha value is -1.34. The largest absolute Gasteiger partial charge is 0.435 e. The predicted molar refractivity (Wildman–Crippen MR) is 74.4 cm³/mol. The molecule has 0 aliphatic carbocycles. The third kappa shape index (κ3) is 4.97. The van der Waals surface area contributed by atoms with Crippen molar-refractivity contribution in [2.75, 3.05) is 12.9 Å². The Bertz CT molecular complexity index is 424. The molecular formula is C13H17F2NO3S. The number of ether oxygens (including phenoxy) is 1. The van der Waals surface area contributed by atoms with Crippen molar-refractivity contribution in [1.82, 2.24) is 5.32 Å². The molecule has 0 fully saturated rings. The third-order valence-corrected chi connectivity index (χ3v) is 3.90. The van der Waals surface area contributed by atoms with Gasteiger partial charge in [0, 0.05) is 16.9 Å². The number of aliphatic hydroxyl groups excluding tert-OH is 1. The van der Waals surface area contributed by atoms with Gasteiger partial charge in [-0.05, 0) is 37.4 Å². The predicted octanol–water partition coefficient (Wildman–Crippen LogP) is 2.13. The van der Waals surface area contributed by atoms with Gasteiger partial charge in [-0.1, -0.05) is 0 Å². The summed E-state index contributed by atoms with van der Waals surface area (Å²) in [5, 5.41) is 11.8. The van der Waals surface area contributed by atoms with Crippen molar-refractivity contribution in [3.63, 3.8) is 0 Å². The molecular weight excluding hydrogens is 288 g/mol. The van der Waals surface area contributed by atoms with Crippen molar-refractivity contribution in [3.05, 3.63) is 29.8 Å². The van der Waals surface area contributed by atoms with Crippen LogP contribution in [0.15, 0.2) is 24.3 Å². The Labute approximate surface area is 120 Å². The first kappa shape index (κ1) is 16.7. The Kier molecular flexibility index (Phi) is 6.74. The van der Waals surface area contributed by atoms with Crippen molar-refractivity contribution in [2.24, 2.45) is 0 Å². The van der Waals surface area contributed by atoms with Gasteiger partial charge < -0.3 is 15.2 Å². The van der Waals surface area contributed by atoms with Crippen LogP contribution < -0.4 is 10.1 Å². The maximum absolute atomic E-state index is 12.0. The molecule has 2 atom stereocenters. The molecule has 20 heavy (non-hydrogen) atoms. The summed E-state index contributed by atoms with van der Waals surface area (Å²) in [6.07, 6.45) is 1.85. The molecule has 0 aliphatic heterocycles. The molecule has 0 bridgehead atoms. The minimum absolute atomic E-state index is 0.00180. The van der Waals surface area contributed by atoms with Crippen molar-refractivity contribution in [3.8, 4) is 5.75 Å². The fraction of sp³-hybridized carbons (Fsp3) is 0.462. The molecule has 4 nitrogen and oxygen atoms in total. The molecule has 2 N–H and O–H groups in total. The van der Waals surface area contributed by atoms with Crippen molar-refractivity contribution in [1.29, 1.82) is 0 Å². The molecule has 7 heteroatoms. The number of rotatable bonds is 7. The maximum atomic E-state index is 12.0. The SMILES string of the molecule is CSC(CO)C(C)NC(=O)c1ccc(OC(F)F)cc1. The third-order valence-electron chi connectivity index (χ3n) is 2.74. The molecule has 0 saturated carbocycles. The molecule has 1 rings (SSSR count). The lowest BCUT2D eigenvalue weighted by Crippen LogP contribution is -2.41. The molecule has 112 valence electrons. The summed E-state index contributed by atoms with van der Waals surface area (Å²) in [5.74, 6) is -0.324. The van der Waals surface area contributed by atoms with E-state index in [2.05, 4.69) is 10.1 Å². The summed E-state index contributed by atoms with van der Waals surface area (Å²) >= 11 is 1.46. The number of aliphatic hydroxyl groups is 1. The van der Waals surface area contributed by atoms with Crippen molar-refractivity contribution >= 4 is 17.7 Å². The Morgan fingerprint density at radius 3 is 2.45 bits per heavy atom. The van der Waals surface area contributed by atoms with E-state index in [0.717, 1.165) is 0 Å². The van der Waals surface area contributed by atoms with Gasteiger partial charge in [-0.15, -0.1) is 0 Å². The molecule has 0 radical (unpaired) electrons. The highest BCUT2D eigenvalue weighted by molar-refractivity contribution is 7.99. The minimum Gasteiger partial charge on any atom is -0.435 e. The zero-order valence-corrected chi connectivity index (χ0v) is 12.0. The highest BCUT2D eigenvalue weighted by Crippen LogP contribution is 2.16. The van der Waals surface area contributed by atoms with Gasteiger partial charge in [0.05, 0.1) is 6.61 Å². The highest BCUT2D eigenvalue weighted by Gasteiger charge is 2.18. The topological polar surface area (TPSA) is 58.6 Å². The zero-order valence-electron chi connectivity index (χ0n) is 11.2. The van der Waals surface area contributed by atoms with Crippen LogP contribution in [0.2, 0.25) is 0 Å². The molecule has 0 spiro atoms. The summed E-state index contributed by atoms with van der Waals surface area (Å²) in [6.45, 7) is -1.13. The van der Waals surface area contributed by atoms with Crippen LogP contribution in [-0.4, -0.2) is 41.8 Å². The van der Waals surface area contributed by atoms with Gasteiger partial charge in [0.15, 0.2) is 0 Å². The van der Waals surface area contributed by atoms with Gasteiger partial charge >= 0.3 is 6.61 Å². The molecule has 0 aromatic heterocycles. The number of hydrogen-bond acceptors (Lipinski definition) is 4. The standard InChI is InChI=1S/C13H17F2NO3S/c1-8(11(7-17)20-2)16-12(18)9-3-5-10(6-4-9)19-13(14)15/h3-6,8,11,13,17H,7H2,1-2H3,(H,16,18). The second-order valence-electron chi connectivity index (χ2n) is 4.12. The molecule has 2 unspecified atom stereocenters. The smallest absolute Gasteiger partial charge is 0.387 e. The Morgan fingerprint density at radius 2 is 2.00 bits per heavy atom. The number of thioether (sulfide) groups is 1. The van der Waals surface area contributed by atoms with E-state index >= 15 is 0 Å². The van der Waals surface area contributed by atoms with E-state index in [1.54, 1.807) is 6.92 Å². The summed E-state index contributed by atoms with van der Waals surface area (Å²) in [5.41, 5.74) is 0.344. The average Bonchev–Trinajstić information content (AvgIpc) is 2.40. The number of carbonyl (C=O) groups excluding carboxylic acids is 1. The second kappa shape index (κ2) is 8.06. The number of carbonyl (C=O) groups is 1. The summed E-state index contributed by atoms with van der Waals surface area (Å²) < 4.78 is 28.2. The van der Waals surface area contributed by atoms with Crippen LogP contribution in [0.1, 0.15) is 17.3 Å². The first-order valence-electron chi connectivity index (χ1n) is 5.97. The minimum atomic E-state index is -2.89. The van der Waals surface area contributed by atoms with Crippen LogP contribution in [0, 0.1) is 0 Å². The van der Waals surface area contributed by atoms with Crippen molar-refractivity contribution in [2.45, 2.75) is 24.8 Å². The Balaban J connectivity index is 2.63.